The first-order chi connectivity index (χ1) is 13.2. The van der Waals surface area contributed by atoms with E-state index >= 15 is 0 Å². The van der Waals surface area contributed by atoms with Gasteiger partial charge in [-0.1, -0.05) is 65.8 Å². The van der Waals surface area contributed by atoms with Crippen LogP contribution < -0.4 is 5.32 Å². The maximum atomic E-state index is 13.3. The monoisotopic (exact) mass is 356 g/mol. The SMILES string of the molecule is Cc1noc2c1[C@@H](c1ccccc1)C1=C(C[C@@H](c3ccccc3)CC1=O)N2. The molecule has 0 saturated heterocycles. The molecule has 0 bridgehead atoms. The summed E-state index contributed by atoms with van der Waals surface area (Å²) >= 11 is 0. The largest absolute Gasteiger partial charge is 0.338 e. The second kappa shape index (κ2) is 6.23. The molecule has 0 spiro atoms. The molecular weight excluding hydrogens is 336 g/mol. The molecule has 0 amide bonds. The number of hydrogen-bond acceptors (Lipinski definition) is 4. The Morgan fingerprint density at radius 3 is 2.33 bits per heavy atom. The number of allylic oxidation sites excluding steroid dienone is 2. The Bertz CT molecular complexity index is 1030. The molecule has 1 aliphatic heterocycles. The van der Waals surface area contributed by atoms with Gasteiger partial charge in [-0.3, -0.25) is 4.79 Å². The van der Waals surface area contributed by atoms with Crippen molar-refractivity contribution in [3.05, 3.63) is 94.3 Å². The van der Waals surface area contributed by atoms with Gasteiger partial charge in [0.15, 0.2) is 5.78 Å². The average Bonchev–Trinajstić information content (AvgIpc) is 3.08. The van der Waals surface area contributed by atoms with E-state index in [1.807, 2.05) is 43.3 Å². The van der Waals surface area contributed by atoms with E-state index < -0.39 is 0 Å². The minimum atomic E-state index is -0.118. The number of aryl methyl sites for hydroxylation is 1. The predicted molar refractivity (Wildman–Crippen MR) is 104 cm³/mol. The molecule has 134 valence electrons. The number of fused-ring (bicyclic) bond motifs is 1. The molecule has 2 aromatic carbocycles. The number of rotatable bonds is 2. The van der Waals surface area contributed by atoms with Gasteiger partial charge < -0.3 is 9.84 Å². The maximum Gasteiger partial charge on any atom is 0.233 e. The smallest absolute Gasteiger partial charge is 0.233 e. The van der Waals surface area contributed by atoms with Crippen molar-refractivity contribution >= 4 is 11.7 Å². The minimum absolute atomic E-state index is 0.118. The van der Waals surface area contributed by atoms with E-state index in [1.54, 1.807) is 0 Å². The van der Waals surface area contributed by atoms with Gasteiger partial charge in [0.25, 0.3) is 0 Å². The Hall–Kier alpha value is -3.14. The topological polar surface area (TPSA) is 55.1 Å². The van der Waals surface area contributed by atoms with Gasteiger partial charge in [-0.15, -0.1) is 0 Å². The molecule has 0 fully saturated rings. The number of ketones is 1. The molecule has 1 aliphatic carbocycles. The van der Waals surface area contributed by atoms with Gasteiger partial charge in [0.2, 0.25) is 5.88 Å². The van der Waals surface area contributed by atoms with Gasteiger partial charge >= 0.3 is 0 Å². The van der Waals surface area contributed by atoms with Crippen molar-refractivity contribution in [2.75, 3.05) is 5.32 Å². The first kappa shape index (κ1) is 16.1. The molecule has 4 nitrogen and oxygen atoms in total. The number of nitrogens with one attached hydrogen (secondary N) is 1. The molecule has 27 heavy (non-hydrogen) atoms. The van der Waals surface area contributed by atoms with E-state index in [-0.39, 0.29) is 17.6 Å². The van der Waals surface area contributed by atoms with Gasteiger partial charge in [0.1, 0.15) is 0 Å². The molecule has 1 aromatic heterocycles. The second-order valence-corrected chi connectivity index (χ2v) is 7.31. The van der Waals surface area contributed by atoms with Crippen molar-refractivity contribution in [3.63, 3.8) is 0 Å². The third kappa shape index (κ3) is 2.60. The lowest BCUT2D eigenvalue weighted by atomic mass is 9.72. The Morgan fingerprint density at radius 1 is 0.963 bits per heavy atom. The van der Waals surface area contributed by atoms with Crippen LogP contribution in [0.5, 0.6) is 0 Å². The first-order valence-electron chi connectivity index (χ1n) is 9.31. The predicted octanol–water partition coefficient (Wildman–Crippen LogP) is 4.94. The third-order valence-electron chi connectivity index (χ3n) is 5.66. The van der Waals surface area contributed by atoms with Crippen LogP contribution in [0.4, 0.5) is 5.88 Å². The van der Waals surface area contributed by atoms with Crippen molar-refractivity contribution in [1.82, 2.24) is 5.16 Å². The van der Waals surface area contributed by atoms with Crippen LogP contribution in [0, 0.1) is 6.92 Å². The third-order valence-corrected chi connectivity index (χ3v) is 5.66. The lowest BCUT2D eigenvalue weighted by Gasteiger charge is -2.34. The molecule has 2 atom stereocenters. The van der Waals surface area contributed by atoms with Crippen LogP contribution in [0.3, 0.4) is 0 Å². The van der Waals surface area contributed by atoms with E-state index in [1.165, 1.54) is 5.56 Å². The summed E-state index contributed by atoms with van der Waals surface area (Å²) in [5, 5.41) is 7.54. The Morgan fingerprint density at radius 2 is 1.63 bits per heavy atom. The van der Waals surface area contributed by atoms with Crippen LogP contribution in [0.25, 0.3) is 0 Å². The fourth-order valence-corrected chi connectivity index (χ4v) is 4.41. The fourth-order valence-electron chi connectivity index (χ4n) is 4.41. The zero-order chi connectivity index (χ0) is 18.4. The Kier molecular flexibility index (Phi) is 3.71. The highest BCUT2D eigenvalue weighted by Gasteiger charge is 2.40. The van der Waals surface area contributed by atoms with E-state index in [2.05, 4.69) is 34.7 Å². The number of Topliss-reactive ketones (excluding diaryl/α,β-unsaturated/α-hetero) is 1. The number of anilines is 1. The van der Waals surface area contributed by atoms with Crippen LogP contribution in [0.2, 0.25) is 0 Å². The molecule has 2 aliphatic rings. The lowest BCUT2D eigenvalue weighted by Crippen LogP contribution is -2.29. The standard InChI is InChI=1S/C23H20N2O2/c1-14-20-21(16-10-6-3-7-11-16)22-18(24-23(20)27-25-14)12-17(13-19(22)26)15-8-4-2-5-9-15/h2-11,17,21,24H,12-13H2,1H3/t17-,21-/m1/s1. The molecule has 0 unspecified atom stereocenters. The maximum absolute atomic E-state index is 13.3. The highest BCUT2D eigenvalue weighted by molar-refractivity contribution is 6.01. The Labute approximate surface area is 157 Å². The van der Waals surface area contributed by atoms with Gasteiger partial charge in [-0.25, -0.2) is 0 Å². The number of carbonyl (C=O) groups excluding carboxylic acids is 1. The lowest BCUT2D eigenvalue weighted by molar-refractivity contribution is -0.116. The van der Waals surface area contributed by atoms with Crippen LogP contribution in [-0.2, 0) is 4.79 Å². The zero-order valence-corrected chi connectivity index (χ0v) is 15.1. The molecule has 3 aromatic rings. The van der Waals surface area contributed by atoms with Crippen LogP contribution in [-0.4, -0.2) is 10.9 Å². The molecule has 1 N–H and O–H groups in total. The van der Waals surface area contributed by atoms with Crippen LogP contribution in [0.1, 0.15) is 47.1 Å². The van der Waals surface area contributed by atoms with Gasteiger partial charge in [-0.2, -0.15) is 0 Å². The van der Waals surface area contributed by atoms with Crippen molar-refractivity contribution in [2.24, 2.45) is 0 Å². The molecule has 4 heteroatoms. The zero-order valence-electron chi connectivity index (χ0n) is 15.1. The summed E-state index contributed by atoms with van der Waals surface area (Å²) in [6.45, 7) is 1.94. The summed E-state index contributed by atoms with van der Waals surface area (Å²) in [5.41, 5.74) is 5.95. The van der Waals surface area contributed by atoms with Gasteiger partial charge in [-0.05, 0) is 30.4 Å². The van der Waals surface area contributed by atoms with Crippen LogP contribution >= 0.6 is 0 Å². The highest BCUT2D eigenvalue weighted by atomic mass is 16.5. The molecule has 0 saturated carbocycles. The number of carbonyl (C=O) groups is 1. The summed E-state index contributed by atoms with van der Waals surface area (Å²) in [6.07, 6.45) is 1.33. The Balaban J connectivity index is 1.63. The number of aromatic nitrogens is 1. The van der Waals surface area contributed by atoms with E-state index in [9.17, 15) is 4.79 Å². The van der Waals surface area contributed by atoms with Crippen molar-refractivity contribution in [1.29, 1.82) is 0 Å². The van der Waals surface area contributed by atoms with Crippen molar-refractivity contribution in [2.45, 2.75) is 31.6 Å². The first-order valence-corrected chi connectivity index (χ1v) is 9.31. The van der Waals surface area contributed by atoms with Gasteiger partial charge in [0, 0.05) is 23.6 Å². The average molecular weight is 356 g/mol. The molecule has 5 rings (SSSR count). The summed E-state index contributed by atoms with van der Waals surface area (Å²) in [5.74, 6) is 0.944. The fraction of sp³-hybridized carbons (Fsp3) is 0.217. The molecule has 2 heterocycles. The van der Waals surface area contributed by atoms with Crippen LogP contribution in [0.15, 0.2) is 76.5 Å². The second-order valence-electron chi connectivity index (χ2n) is 7.31. The van der Waals surface area contributed by atoms with Gasteiger partial charge in [0.05, 0.1) is 11.3 Å². The number of nitrogens with zero attached hydrogens (tertiary/aromatic N) is 1. The summed E-state index contributed by atoms with van der Waals surface area (Å²) in [6, 6.07) is 20.4. The number of hydrogen-bond donors (Lipinski definition) is 1. The summed E-state index contributed by atoms with van der Waals surface area (Å²) < 4.78 is 5.56. The molecular formula is C23H20N2O2. The van der Waals surface area contributed by atoms with E-state index in [0.29, 0.717) is 12.3 Å². The molecule has 0 radical (unpaired) electrons. The number of benzene rings is 2. The summed E-state index contributed by atoms with van der Waals surface area (Å²) in [7, 11) is 0. The van der Waals surface area contributed by atoms with E-state index in [0.717, 1.165) is 34.5 Å². The highest BCUT2D eigenvalue weighted by Crippen LogP contribution is 2.48. The van der Waals surface area contributed by atoms with E-state index in [4.69, 9.17) is 4.52 Å². The minimum Gasteiger partial charge on any atom is -0.338 e. The normalized spacial score (nSPS) is 21.4. The van der Waals surface area contributed by atoms with Crippen molar-refractivity contribution in [3.8, 4) is 0 Å². The van der Waals surface area contributed by atoms with Crippen molar-refractivity contribution < 1.29 is 9.32 Å². The quantitative estimate of drug-likeness (QED) is 0.706. The summed E-state index contributed by atoms with van der Waals surface area (Å²) in [4.78, 5) is 13.3.